The van der Waals surface area contributed by atoms with Crippen LogP contribution in [0.25, 0.3) is 6.08 Å². The van der Waals surface area contributed by atoms with Crippen molar-refractivity contribution in [3.63, 3.8) is 0 Å². The Bertz CT molecular complexity index is 500. The Morgan fingerprint density at radius 1 is 1.08 bits per heavy atom. The molecule has 1 aromatic rings. The predicted molar refractivity (Wildman–Crippen MR) is 106 cm³/mol. The van der Waals surface area contributed by atoms with Gasteiger partial charge in [0.05, 0.1) is 13.7 Å². The Kier molecular flexibility index (Phi) is 11.0. The van der Waals surface area contributed by atoms with Gasteiger partial charge in [-0.05, 0) is 31.2 Å². The fraction of sp³-hybridized carbons (Fsp3) is 0.619. The first kappa shape index (κ1) is 21.5. The van der Waals surface area contributed by atoms with Gasteiger partial charge in [0.25, 0.3) is 0 Å². The second-order valence-electron chi connectivity index (χ2n) is 6.52. The molecule has 0 spiro atoms. The van der Waals surface area contributed by atoms with Crippen molar-refractivity contribution in [2.24, 2.45) is 0 Å². The normalized spacial score (nSPS) is 10.9. The van der Waals surface area contributed by atoms with Crippen LogP contribution in [0.4, 0.5) is 0 Å². The lowest BCUT2D eigenvalue weighted by molar-refractivity contribution is 0.278. The molecule has 0 unspecified atom stereocenters. The fourth-order valence-electron chi connectivity index (χ4n) is 2.88. The number of nitrogens with zero attached hydrogens (tertiary/aromatic N) is 1. The standard InChI is InChI=1S/C21H34NO3/c1-5-7-8-9-10-11-12-13-14-25-21-19(17-22(3)23)15-18(6-2)16-20(21)24-4/h6,15-16H,2,5,7-14,17H2,1,3-4H3/q-1. The Morgan fingerprint density at radius 3 is 2.28 bits per heavy atom. The number of methoxy groups -OCH3 is 1. The van der Waals surface area contributed by atoms with E-state index in [9.17, 15) is 5.21 Å². The summed E-state index contributed by atoms with van der Waals surface area (Å²) in [4.78, 5) is 0. The predicted octanol–water partition coefficient (Wildman–Crippen LogP) is 5.79. The SMILES string of the molecule is C=Cc1cc(CN(C)[O-])c(OCCCCCCCCCC)c(OC)c1. The molecule has 4 heteroatoms. The number of unbranched alkanes of at least 4 members (excludes halogenated alkanes) is 7. The van der Waals surface area contributed by atoms with E-state index >= 15 is 0 Å². The largest absolute Gasteiger partial charge is 0.785 e. The summed E-state index contributed by atoms with van der Waals surface area (Å²) in [7, 11) is 3.13. The minimum atomic E-state index is 0.269. The average molecular weight is 349 g/mol. The van der Waals surface area contributed by atoms with Gasteiger partial charge in [-0.25, -0.2) is 0 Å². The summed E-state index contributed by atoms with van der Waals surface area (Å²) >= 11 is 0. The van der Waals surface area contributed by atoms with Crippen LogP contribution in [0, 0.1) is 5.21 Å². The second kappa shape index (κ2) is 12.8. The maximum Gasteiger partial charge on any atom is 0.165 e. The van der Waals surface area contributed by atoms with E-state index in [-0.39, 0.29) is 6.54 Å². The minimum absolute atomic E-state index is 0.269. The number of hydrogen-bond donors (Lipinski definition) is 0. The van der Waals surface area contributed by atoms with Crippen molar-refractivity contribution in [1.29, 1.82) is 0 Å². The van der Waals surface area contributed by atoms with E-state index in [0.29, 0.717) is 18.1 Å². The van der Waals surface area contributed by atoms with Crippen molar-refractivity contribution in [2.45, 2.75) is 64.8 Å². The second-order valence-corrected chi connectivity index (χ2v) is 6.52. The molecular weight excluding hydrogens is 314 g/mol. The van der Waals surface area contributed by atoms with Gasteiger partial charge in [0.1, 0.15) is 0 Å². The highest BCUT2D eigenvalue weighted by molar-refractivity contribution is 5.58. The van der Waals surface area contributed by atoms with Crippen molar-refractivity contribution in [2.75, 3.05) is 20.8 Å². The molecule has 0 saturated carbocycles. The molecule has 0 fully saturated rings. The molecule has 0 bridgehead atoms. The third-order valence-electron chi connectivity index (χ3n) is 4.25. The molecule has 0 saturated heterocycles. The van der Waals surface area contributed by atoms with Crippen LogP contribution >= 0.6 is 0 Å². The molecule has 25 heavy (non-hydrogen) atoms. The summed E-state index contributed by atoms with van der Waals surface area (Å²) in [6, 6.07) is 3.83. The Balaban J connectivity index is 2.51. The van der Waals surface area contributed by atoms with Gasteiger partial charge in [-0.1, -0.05) is 64.5 Å². The Morgan fingerprint density at radius 2 is 1.72 bits per heavy atom. The smallest absolute Gasteiger partial charge is 0.165 e. The molecule has 0 aliphatic rings. The van der Waals surface area contributed by atoms with Crippen LogP contribution in [-0.4, -0.2) is 25.8 Å². The summed E-state index contributed by atoms with van der Waals surface area (Å²) < 4.78 is 11.4. The maximum absolute atomic E-state index is 11.5. The third-order valence-corrected chi connectivity index (χ3v) is 4.25. The van der Waals surface area contributed by atoms with Crippen LogP contribution in [0.2, 0.25) is 0 Å². The lowest BCUT2D eigenvalue weighted by Gasteiger charge is -2.24. The average Bonchev–Trinajstić information content (AvgIpc) is 2.60. The molecule has 0 amide bonds. The molecule has 1 rings (SSSR count). The zero-order valence-corrected chi connectivity index (χ0v) is 16.2. The molecule has 4 nitrogen and oxygen atoms in total. The number of benzene rings is 1. The fourth-order valence-corrected chi connectivity index (χ4v) is 2.88. The van der Waals surface area contributed by atoms with Gasteiger partial charge in [0.15, 0.2) is 11.5 Å². The molecule has 142 valence electrons. The van der Waals surface area contributed by atoms with Crippen molar-refractivity contribution in [3.05, 3.63) is 35.0 Å². The van der Waals surface area contributed by atoms with Gasteiger partial charge >= 0.3 is 0 Å². The number of hydrogen-bond acceptors (Lipinski definition) is 4. The molecule has 0 radical (unpaired) electrons. The highest BCUT2D eigenvalue weighted by Gasteiger charge is 2.12. The van der Waals surface area contributed by atoms with Crippen LogP contribution < -0.4 is 9.47 Å². The van der Waals surface area contributed by atoms with Gasteiger partial charge in [0, 0.05) is 12.1 Å². The van der Waals surface area contributed by atoms with Crippen molar-refractivity contribution < 1.29 is 9.47 Å². The first-order valence-electron chi connectivity index (χ1n) is 9.46. The molecular formula is C21H34NO3-. The molecule has 0 aromatic heterocycles. The van der Waals surface area contributed by atoms with E-state index in [1.54, 1.807) is 13.2 Å². The van der Waals surface area contributed by atoms with E-state index in [1.807, 2.05) is 12.1 Å². The van der Waals surface area contributed by atoms with E-state index in [2.05, 4.69) is 13.5 Å². The van der Waals surface area contributed by atoms with Crippen LogP contribution in [0.1, 0.15) is 69.4 Å². The van der Waals surface area contributed by atoms with Gasteiger partial charge in [0.2, 0.25) is 0 Å². The molecule has 0 heterocycles. The molecule has 1 aromatic carbocycles. The summed E-state index contributed by atoms with van der Waals surface area (Å²) in [5, 5.41) is 12.4. The van der Waals surface area contributed by atoms with E-state index in [0.717, 1.165) is 22.6 Å². The zero-order chi connectivity index (χ0) is 18.5. The molecule has 0 aliphatic heterocycles. The monoisotopic (exact) mass is 348 g/mol. The maximum atomic E-state index is 11.5. The Labute approximate surface area is 153 Å². The lowest BCUT2D eigenvalue weighted by Crippen LogP contribution is -2.11. The van der Waals surface area contributed by atoms with Gasteiger partial charge in [-0.2, -0.15) is 0 Å². The summed E-state index contributed by atoms with van der Waals surface area (Å²) in [6.07, 6.45) is 11.8. The molecule has 0 aliphatic carbocycles. The van der Waals surface area contributed by atoms with E-state index in [1.165, 1.54) is 52.0 Å². The minimum Gasteiger partial charge on any atom is -0.785 e. The Hall–Kier alpha value is -1.52. The highest BCUT2D eigenvalue weighted by atomic mass is 16.5. The van der Waals surface area contributed by atoms with Crippen LogP contribution in [0.3, 0.4) is 0 Å². The number of ether oxygens (including phenoxy) is 2. The van der Waals surface area contributed by atoms with E-state index in [4.69, 9.17) is 9.47 Å². The zero-order valence-electron chi connectivity index (χ0n) is 16.2. The van der Waals surface area contributed by atoms with Gasteiger partial charge < -0.3 is 19.7 Å². The first-order chi connectivity index (χ1) is 12.1. The first-order valence-corrected chi connectivity index (χ1v) is 9.46. The van der Waals surface area contributed by atoms with Gasteiger partial charge in [-0.15, -0.1) is 0 Å². The quantitative estimate of drug-likeness (QED) is 0.315. The highest BCUT2D eigenvalue weighted by Crippen LogP contribution is 2.34. The van der Waals surface area contributed by atoms with Crippen LogP contribution in [-0.2, 0) is 6.54 Å². The van der Waals surface area contributed by atoms with Crippen molar-refractivity contribution >= 4 is 6.08 Å². The third kappa shape index (κ3) is 8.41. The summed E-state index contributed by atoms with van der Waals surface area (Å²) in [5.41, 5.74) is 1.76. The molecule has 0 atom stereocenters. The molecule has 0 N–H and O–H groups in total. The topological polar surface area (TPSA) is 44.8 Å². The lowest BCUT2D eigenvalue weighted by atomic mass is 10.1. The van der Waals surface area contributed by atoms with Crippen LogP contribution in [0.15, 0.2) is 18.7 Å². The summed E-state index contributed by atoms with van der Waals surface area (Å²) in [5.74, 6) is 1.34. The number of hydroxylamine groups is 2. The van der Waals surface area contributed by atoms with Crippen molar-refractivity contribution in [1.82, 2.24) is 5.06 Å². The van der Waals surface area contributed by atoms with Crippen molar-refractivity contribution in [3.8, 4) is 11.5 Å². The van der Waals surface area contributed by atoms with E-state index < -0.39 is 0 Å². The number of rotatable bonds is 14. The summed E-state index contributed by atoms with van der Waals surface area (Å²) in [6.45, 7) is 6.95. The van der Waals surface area contributed by atoms with Crippen LogP contribution in [0.5, 0.6) is 11.5 Å². The van der Waals surface area contributed by atoms with Gasteiger partial charge in [-0.3, -0.25) is 0 Å².